The number of carbonyl (C=O) groups is 1. The van der Waals surface area contributed by atoms with Gasteiger partial charge in [-0.2, -0.15) is 13.2 Å². The smallest absolute Gasteiger partial charge is 0.339 e. The molecule has 1 atom stereocenters. The fourth-order valence-electron chi connectivity index (χ4n) is 1.69. The molecule has 0 radical (unpaired) electrons. The Balaban J connectivity index is 3.16. The molecule has 2 nitrogen and oxygen atoms in total. The summed E-state index contributed by atoms with van der Waals surface area (Å²) >= 11 is 3.14. The molecule has 6 heteroatoms. The van der Waals surface area contributed by atoms with E-state index in [1.165, 1.54) is 11.0 Å². The molecule has 1 aromatic rings. The van der Waals surface area contributed by atoms with Crippen molar-refractivity contribution in [3.05, 3.63) is 33.8 Å². The van der Waals surface area contributed by atoms with Crippen LogP contribution < -0.4 is 0 Å². The Morgan fingerprint density at radius 3 is 2.25 bits per heavy atom. The van der Waals surface area contributed by atoms with Crippen LogP contribution in [0.1, 0.15) is 36.7 Å². The number of hydrogen-bond donors (Lipinski definition) is 0. The van der Waals surface area contributed by atoms with Crippen LogP contribution in [0.5, 0.6) is 0 Å². The zero-order valence-electron chi connectivity index (χ0n) is 11.8. The lowest BCUT2D eigenvalue weighted by molar-refractivity contribution is -0.137. The summed E-state index contributed by atoms with van der Waals surface area (Å²) in [7, 11) is 1.60. The molecule has 0 N–H and O–H groups in total. The molecular formula is C14H17BrF3NO. The molecule has 0 fully saturated rings. The third-order valence-electron chi connectivity index (χ3n) is 3.42. The van der Waals surface area contributed by atoms with Gasteiger partial charge in [0.25, 0.3) is 5.91 Å². The van der Waals surface area contributed by atoms with Crippen molar-refractivity contribution in [1.29, 1.82) is 0 Å². The van der Waals surface area contributed by atoms with Gasteiger partial charge in [0.2, 0.25) is 0 Å². The molecule has 0 aliphatic rings. The van der Waals surface area contributed by atoms with Gasteiger partial charge in [-0.05, 0) is 47.0 Å². The summed E-state index contributed by atoms with van der Waals surface area (Å²) in [5.74, 6) is -0.210. The molecule has 112 valence electrons. The number of rotatable bonds is 3. The number of benzene rings is 1. The maximum Gasteiger partial charge on any atom is 0.416 e. The molecule has 0 spiro atoms. The highest BCUT2D eigenvalue weighted by Gasteiger charge is 2.32. The lowest BCUT2D eigenvalue weighted by Crippen LogP contribution is -2.38. The van der Waals surface area contributed by atoms with E-state index < -0.39 is 17.6 Å². The second-order valence-electron chi connectivity index (χ2n) is 5.09. The largest absolute Gasteiger partial charge is 0.416 e. The second kappa shape index (κ2) is 6.16. The number of carbonyl (C=O) groups excluding carboxylic acids is 1. The van der Waals surface area contributed by atoms with E-state index >= 15 is 0 Å². The Labute approximate surface area is 125 Å². The predicted molar refractivity (Wildman–Crippen MR) is 75.5 cm³/mol. The van der Waals surface area contributed by atoms with Crippen LogP contribution in [0.3, 0.4) is 0 Å². The van der Waals surface area contributed by atoms with Crippen LogP contribution in [0.25, 0.3) is 0 Å². The van der Waals surface area contributed by atoms with Gasteiger partial charge < -0.3 is 4.90 Å². The van der Waals surface area contributed by atoms with Gasteiger partial charge in [-0.1, -0.05) is 13.8 Å². The molecule has 0 aliphatic heterocycles. The Hall–Kier alpha value is -1.04. The van der Waals surface area contributed by atoms with Crippen molar-refractivity contribution in [2.24, 2.45) is 5.92 Å². The Morgan fingerprint density at radius 2 is 1.80 bits per heavy atom. The number of nitrogens with zero attached hydrogens (tertiary/aromatic N) is 1. The number of halogens is 4. The average Bonchev–Trinajstić information content (AvgIpc) is 2.35. The van der Waals surface area contributed by atoms with Crippen LogP contribution in [0.4, 0.5) is 13.2 Å². The lowest BCUT2D eigenvalue weighted by Gasteiger charge is -2.28. The van der Waals surface area contributed by atoms with Crippen LogP contribution in [0, 0.1) is 5.92 Å². The van der Waals surface area contributed by atoms with E-state index in [9.17, 15) is 18.0 Å². The first-order chi connectivity index (χ1) is 9.05. The van der Waals surface area contributed by atoms with E-state index in [-0.39, 0.29) is 17.5 Å². The van der Waals surface area contributed by atoms with Gasteiger partial charge in [0.1, 0.15) is 0 Å². The number of alkyl halides is 3. The van der Waals surface area contributed by atoms with Crippen molar-refractivity contribution in [2.45, 2.75) is 33.0 Å². The highest BCUT2D eigenvalue weighted by molar-refractivity contribution is 9.10. The van der Waals surface area contributed by atoms with Gasteiger partial charge in [-0.3, -0.25) is 4.79 Å². The van der Waals surface area contributed by atoms with Gasteiger partial charge in [0, 0.05) is 17.6 Å². The van der Waals surface area contributed by atoms with Gasteiger partial charge in [-0.25, -0.2) is 0 Å². The van der Waals surface area contributed by atoms with Crippen molar-refractivity contribution in [1.82, 2.24) is 4.90 Å². The fraction of sp³-hybridized carbons (Fsp3) is 0.500. The maximum atomic E-state index is 12.7. The Kier molecular flexibility index (Phi) is 5.24. The first kappa shape index (κ1) is 17.0. The van der Waals surface area contributed by atoms with E-state index in [2.05, 4.69) is 15.9 Å². The van der Waals surface area contributed by atoms with Gasteiger partial charge in [0.05, 0.1) is 11.1 Å². The Morgan fingerprint density at radius 1 is 1.25 bits per heavy atom. The summed E-state index contributed by atoms with van der Waals surface area (Å²) in [5, 5.41) is 0. The molecular weight excluding hydrogens is 335 g/mol. The second-order valence-corrected chi connectivity index (χ2v) is 5.95. The normalized spacial score (nSPS) is 13.4. The summed E-state index contributed by atoms with van der Waals surface area (Å²) in [6.45, 7) is 5.77. The van der Waals surface area contributed by atoms with E-state index in [0.29, 0.717) is 4.47 Å². The first-order valence-corrected chi connectivity index (χ1v) is 6.99. The molecule has 1 unspecified atom stereocenters. The minimum absolute atomic E-state index is 0.0230. The molecule has 0 bridgehead atoms. The number of hydrogen-bond acceptors (Lipinski definition) is 1. The van der Waals surface area contributed by atoms with Gasteiger partial charge in [-0.15, -0.1) is 0 Å². The predicted octanol–water partition coefficient (Wildman–Crippen LogP) is 4.58. The Bertz CT molecular complexity index is 500. The van der Waals surface area contributed by atoms with E-state index in [1.807, 2.05) is 20.8 Å². The third kappa shape index (κ3) is 3.75. The summed E-state index contributed by atoms with van der Waals surface area (Å²) in [6.07, 6.45) is -4.46. The van der Waals surface area contributed by atoms with E-state index in [0.717, 1.165) is 12.1 Å². The van der Waals surface area contributed by atoms with Crippen LogP contribution >= 0.6 is 15.9 Å². The van der Waals surface area contributed by atoms with Crippen molar-refractivity contribution < 1.29 is 18.0 Å². The zero-order valence-corrected chi connectivity index (χ0v) is 13.3. The monoisotopic (exact) mass is 351 g/mol. The summed E-state index contributed by atoms with van der Waals surface area (Å²) in [5.41, 5.74) is -0.801. The highest BCUT2D eigenvalue weighted by atomic mass is 79.9. The standard InChI is InChI=1S/C14H17BrF3NO/c1-8(2)9(3)19(4)13(20)11-7-10(14(16,17)18)5-6-12(11)15/h5-9H,1-4H3. The summed E-state index contributed by atoms with van der Waals surface area (Å²) in [6, 6.07) is 3.02. The van der Waals surface area contributed by atoms with Crippen molar-refractivity contribution in [3.63, 3.8) is 0 Å². The topological polar surface area (TPSA) is 20.3 Å². The van der Waals surface area contributed by atoms with Crippen molar-refractivity contribution in [3.8, 4) is 0 Å². The summed E-state index contributed by atoms with van der Waals surface area (Å²) in [4.78, 5) is 13.8. The van der Waals surface area contributed by atoms with Gasteiger partial charge in [0.15, 0.2) is 0 Å². The molecule has 0 saturated carbocycles. The zero-order chi connectivity index (χ0) is 15.7. The minimum Gasteiger partial charge on any atom is -0.339 e. The van der Waals surface area contributed by atoms with E-state index in [1.54, 1.807) is 7.05 Å². The summed E-state index contributed by atoms with van der Waals surface area (Å²) < 4.78 is 38.5. The van der Waals surface area contributed by atoms with Crippen LogP contribution in [-0.4, -0.2) is 23.9 Å². The molecule has 1 rings (SSSR count). The maximum absolute atomic E-state index is 12.7. The molecule has 1 amide bonds. The minimum atomic E-state index is -4.46. The molecule has 20 heavy (non-hydrogen) atoms. The third-order valence-corrected chi connectivity index (χ3v) is 4.11. The molecule has 1 aromatic carbocycles. The van der Waals surface area contributed by atoms with Crippen molar-refractivity contribution >= 4 is 21.8 Å². The lowest BCUT2D eigenvalue weighted by atomic mass is 10.0. The molecule has 0 heterocycles. The average molecular weight is 352 g/mol. The molecule has 0 aliphatic carbocycles. The van der Waals surface area contributed by atoms with Crippen LogP contribution in [-0.2, 0) is 6.18 Å². The van der Waals surface area contributed by atoms with Gasteiger partial charge >= 0.3 is 6.18 Å². The molecule has 0 saturated heterocycles. The fourth-order valence-corrected chi connectivity index (χ4v) is 2.10. The van der Waals surface area contributed by atoms with Crippen LogP contribution in [0.15, 0.2) is 22.7 Å². The number of amides is 1. The van der Waals surface area contributed by atoms with E-state index in [4.69, 9.17) is 0 Å². The van der Waals surface area contributed by atoms with Crippen LogP contribution in [0.2, 0.25) is 0 Å². The highest BCUT2D eigenvalue weighted by Crippen LogP contribution is 2.32. The molecule has 0 aromatic heterocycles. The van der Waals surface area contributed by atoms with Crippen molar-refractivity contribution in [2.75, 3.05) is 7.05 Å². The first-order valence-electron chi connectivity index (χ1n) is 6.19. The quantitative estimate of drug-likeness (QED) is 0.780. The SMILES string of the molecule is CC(C)C(C)N(C)C(=O)c1cc(C(F)(F)F)ccc1Br.